The molecule has 3 nitrogen and oxygen atoms in total. The van der Waals surface area contributed by atoms with Crippen LogP contribution in [-0.2, 0) is 9.53 Å². The summed E-state index contributed by atoms with van der Waals surface area (Å²) >= 11 is 0. The second kappa shape index (κ2) is 5.92. The van der Waals surface area contributed by atoms with Gasteiger partial charge in [-0.05, 0) is 51.0 Å². The molecule has 2 aliphatic carbocycles. The molecule has 2 saturated carbocycles. The molecule has 0 radical (unpaired) electrons. The highest BCUT2D eigenvalue weighted by atomic mass is 16.5. The average Bonchev–Trinajstić information content (AvgIpc) is 3.24. The zero-order chi connectivity index (χ0) is 13.1. The van der Waals surface area contributed by atoms with Crippen molar-refractivity contribution in [3.8, 4) is 0 Å². The summed E-state index contributed by atoms with van der Waals surface area (Å²) in [6.45, 7) is 2.41. The SMILES string of the molecule is O=C(CNCC1CC1)C1CCOC2(CCCCC2)C1. The van der Waals surface area contributed by atoms with Crippen LogP contribution in [0.15, 0.2) is 0 Å². The maximum Gasteiger partial charge on any atom is 0.149 e. The molecule has 3 fully saturated rings. The molecule has 1 atom stereocenters. The van der Waals surface area contributed by atoms with Gasteiger partial charge >= 0.3 is 0 Å². The Balaban J connectivity index is 1.47. The van der Waals surface area contributed by atoms with Gasteiger partial charge in [0.05, 0.1) is 12.1 Å². The van der Waals surface area contributed by atoms with E-state index in [2.05, 4.69) is 5.32 Å². The van der Waals surface area contributed by atoms with E-state index in [0.717, 1.165) is 31.9 Å². The van der Waals surface area contributed by atoms with Crippen molar-refractivity contribution in [2.45, 2.75) is 63.4 Å². The first-order valence-corrected chi connectivity index (χ1v) is 8.15. The van der Waals surface area contributed by atoms with Gasteiger partial charge in [-0.25, -0.2) is 0 Å². The van der Waals surface area contributed by atoms with Crippen molar-refractivity contribution in [2.75, 3.05) is 19.7 Å². The molecule has 1 unspecified atom stereocenters. The number of nitrogens with one attached hydrogen (secondary N) is 1. The van der Waals surface area contributed by atoms with Gasteiger partial charge in [0.25, 0.3) is 0 Å². The van der Waals surface area contributed by atoms with Crippen LogP contribution in [0.1, 0.15) is 57.8 Å². The number of ketones is 1. The van der Waals surface area contributed by atoms with E-state index in [1.165, 1.54) is 44.9 Å². The molecule has 3 aliphatic rings. The van der Waals surface area contributed by atoms with Crippen LogP contribution in [0.4, 0.5) is 0 Å². The van der Waals surface area contributed by atoms with Gasteiger partial charge in [-0.15, -0.1) is 0 Å². The lowest BCUT2D eigenvalue weighted by Crippen LogP contribution is -2.44. The van der Waals surface area contributed by atoms with Crippen LogP contribution in [0.2, 0.25) is 0 Å². The molecule has 1 heterocycles. The summed E-state index contributed by atoms with van der Waals surface area (Å²) in [4.78, 5) is 12.3. The van der Waals surface area contributed by atoms with Gasteiger partial charge in [-0.3, -0.25) is 4.79 Å². The Hall–Kier alpha value is -0.410. The quantitative estimate of drug-likeness (QED) is 0.830. The van der Waals surface area contributed by atoms with Crippen LogP contribution in [-0.4, -0.2) is 31.1 Å². The molecule has 108 valence electrons. The second-order valence-corrected chi connectivity index (χ2v) is 6.82. The van der Waals surface area contributed by atoms with E-state index >= 15 is 0 Å². The first-order chi connectivity index (χ1) is 9.27. The number of Topliss-reactive ketones (excluding diaryl/α,β-unsaturated/α-hetero) is 1. The smallest absolute Gasteiger partial charge is 0.149 e. The van der Waals surface area contributed by atoms with Crippen LogP contribution in [0, 0.1) is 11.8 Å². The molecule has 1 aliphatic heterocycles. The number of rotatable bonds is 5. The first-order valence-electron chi connectivity index (χ1n) is 8.15. The number of hydrogen-bond acceptors (Lipinski definition) is 3. The van der Waals surface area contributed by atoms with Gasteiger partial charge < -0.3 is 10.1 Å². The van der Waals surface area contributed by atoms with Crippen molar-refractivity contribution >= 4 is 5.78 Å². The molecule has 0 aromatic carbocycles. The zero-order valence-corrected chi connectivity index (χ0v) is 12.0. The van der Waals surface area contributed by atoms with Crippen LogP contribution >= 0.6 is 0 Å². The van der Waals surface area contributed by atoms with Gasteiger partial charge in [0, 0.05) is 12.5 Å². The minimum Gasteiger partial charge on any atom is -0.375 e. The zero-order valence-electron chi connectivity index (χ0n) is 12.0. The van der Waals surface area contributed by atoms with Gasteiger partial charge in [0.1, 0.15) is 5.78 Å². The lowest BCUT2D eigenvalue weighted by molar-refractivity contribution is -0.142. The van der Waals surface area contributed by atoms with Crippen LogP contribution in [0.25, 0.3) is 0 Å². The topological polar surface area (TPSA) is 38.3 Å². The van der Waals surface area contributed by atoms with Crippen LogP contribution in [0.3, 0.4) is 0 Å². The monoisotopic (exact) mass is 265 g/mol. The summed E-state index contributed by atoms with van der Waals surface area (Å²) in [7, 11) is 0. The highest BCUT2D eigenvalue weighted by Crippen LogP contribution is 2.40. The van der Waals surface area contributed by atoms with E-state index in [4.69, 9.17) is 4.74 Å². The third-order valence-electron chi connectivity index (χ3n) is 5.14. The molecule has 0 bridgehead atoms. The highest BCUT2D eigenvalue weighted by Gasteiger charge is 2.40. The molecule has 3 rings (SSSR count). The summed E-state index contributed by atoms with van der Waals surface area (Å²) in [6, 6.07) is 0. The van der Waals surface area contributed by atoms with Crippen molar-refractivity contribution in [1.82, 2.24) is 5.32 Å². The van der Waals surface area contributed by atoms with Crippen molar-refractivity contribution < 1.29 is 9.53 Å². The Morgan fingerprint density at radius 2 is 1.95 bits per heavy atom. The second-order valence-electron chi connectivity index (χ2n) is 6.82. The summed E-state index contributed by atoms with van der Waals surface area (Å²) in [6.07, 6.45) is 10.9. The predicted molar refractivity (Wildman–Crippen MR) is 75.1 cm³/mol. The fourth-order valence-electron chi connectivity index (χ4n) is 3.71. The van der Waals surface area contributed by atoms with Crippen LogP contribution < -0.4 is 5.32 Å². The summed E-state index contributed by atoms with van der Waals surface area (Å²) in [5.74, 6) is 1.53. The van der Waals surface area contributed by atoms with E-state index in [1.54, 1.807) is 0 Å². The third-order valence-corrected chi connectivity index (χ3v) is 5.14. The molecular weight excluding hydrogens is 238 g/mol. The Morgan fingerprint density at radius 3 is 2.68 bits per heavy atom. The minimum absolute atomic E-state index is 0.0628. The number of carbonyl (C=O) groups is 1. The standard InChI is InChI=1S/C16H27NO2/c18-15(12-17-11-13-4-5-13)14-6-9-19-16(10-14)7-2-1-3-8-16/h13-14,17H,1-12H2. The lowest BCUT2D eigenvalue weighted by atomic mass is 9.75. The number of hydrogen-bond donors (Lipinski definition) is 1. The van der Waals surface area contributed by atoms with Crippen molar-refractivity contribution in [1.29, 1.82) is 0 Å². The maximum atomic E-state index is 12.3. The molecule has 1 saturated heterocycles. The van der Waals surface area contributed by atoms with E-state index in [1.807, 2.05) is 0 Å². The van der Waals surface area contributed by atoms with Crippen molar-refractivity contribution in [3.05, 3.63) is 0 Å². The molecule has 1 N–H and O–H groups in total. The third kappa shape index (κ3) is 3.57. The fraction of sp³-hybridized carbons (Fsp3) is 0.938. The molecule has 19 heavy (non-hydrogen) atoms. The maximum absolute atomic E-state index is 12.3. The Morgan fingerprint density at radius 1 is 1.16 bits per heavy atom. The minimum atomic E-state index is 0.0628. The van der Waals surface area contributed by atoms with E-state index in [0.29, 0.717) is 12.3 Å². The normalized spacial score (nSPS) is 30.4. The molecule has 1 spiro atoms. The summed E-state index contributed by atoms with van der Waals surface area (Å²) < 4.78 is 6.07. The van der Waals surface area contributed by atoms with Crippen molar-refractivity contribution in [2.24, 2.45) is 11.8 Å². The number of ether oxygens (including phenoxy) is 1. The first kappa shape index (κ1) is 13.6. The molecule has 0 aromatic heterocycles. The molecule has 0 aromatic rings. The molecule has 3 heteroatoms. The Bertz CT molecular complexity index is 313. The Kier molecular flexibility index (Phi) is 4.23. The average molecular weight is 265 g/mol. The van der Waals surface area contributed by atoms with Gasteiger partial charge in [-0.2, -0.15) is 0 Å². The van der Waals surface area contributed by atoms with Gasteiger partial charge in [0.2, 0.25) is 0 Å². The summed E-state index contributed by atoms with van der Waals surface area (Å²) in [5, 5.41) is 3.35. The van der Waals surface area contributed by atoms with E-state index < -0.39 is 0 Å². The fourth-order valence-corrected chi connectivity index (χ4v) is 3.71. The van der Waals surface area contributed by atoms with E-state index in [9.17, 15) is 4.79 Å². The molecule has 0 amide bonds. The van der Waals surface area contributed by atoms with Gasteiger partial charge in [-0.1, -0.05) is 19.3 Å². The van der Waals surface area contributed by atoms with E-state index in [-0.39, 0.29) is 11.5 Å². The summed E-state index contributed by atoms with van der Waals surface area (Å²) in [5.41, 5.74) is 0.0628. The van der Waals surface area contributed by atoms with Gasteiger partial charge in [0.15, 0.2) is 0 Å². The molecular formula is C16H27NO2. The predicted octanol–water partition coefficient (Wildman–Crippen LogP) is 2.68. The number of carbonyl (C=O) groups excluding carboxylic acids is 1. The van der Waals surface area contributed by atoms with Crippen LogP contribution in [0.5, 0.6) is 0 Å². The van der Waals surface area contributed by atoms with Crippen molar-refractivity contribution in [3.63, 3.8) is 0 Å². The lowest BCUT2D eigenvalue weighted by Gasteiger charge is -2.43. The highest BCUT2D eigenvalue weighted by molar-refractivity contribution is 5.83. The largest absolute Gasteiger partial charge is 0.375 e. The Labute approximate surface area is 116 Å².